The highest BCUT2D eigenvalue weighted by atomic mass is 16.2. The lowest BCUT2D eigenvalue weighted by molar-refractivity contribution is -0.122. The quantitative estimate of drug-likeness (QED) is 0.818. The van der Waals surface area contributed by atoms with Gasteiger partial charge in [0.1, 0.15) is 6.54 Å². The van der Waals surface area contributed by atoms with Gasteiger partial charge >= 0.3 is 0 Å². The molecule has 19 heavy (non-hydrogen) atoms. The van der Waals surface area contributed by atoms with Crippen molar-refractivity contribution >= 4 is 5.91 Å². The number of rotatable bonds is 4. The van der Waals surface area contributed by atoms with E-state index in [-0.39, 0.29) is 18.0 Å². The van der Waals surface area contributed by atoms with E-state index in [4.69, 9.17) is 5.73 Å². The zero-order chi connectivity index (χ0) is 13.8. The van der Waals surface area contributed by atoms with Crippen molar-refractivity contribution in [2.75, 3.05) is 0 Å². The van der Waals surface area contributed by atoms with E-state index in [9.17, 15) is 4.79 Å². The van der Waals surface area contributed by atoms with Crippen molar-refractivity contribution in [3.8, 4) is 0 Å². The Morgan fingerprint density at radius 2 is 2.32 bits per heavy atom. The van der Waals surface area contributed by atoms with Crippen LogP contribution in [0.4, 0.5) is 0 Å². The molecule has 1 amide bonds. The number of aromatic nitrogens is 1. The van der Waals surface area contributed by atoms with Gasteiger partial charge in [-0.3, -0.25) is 4.79 Å². The van der Waals surface area contributed by atoms with Crippen LogP contribution in [0.2, 0.25) is 0 Å². The van der Waals surface area contributed by atoms with Gasteiger partial charge in [0, 0.05) is 24.5 Å². The molecule has 0 aromatic carbocycles. The fourth-order valence-corrected chi connectivity index (χ4v) is 2.63. The van der Waals surface area contributed by atoms with Gasteiger partial charge in [0.05, 0.1) is 0 Å². The maximum atomic E-state index is 11.9. The van der Waals surface area contributed by atoms with Gasteiger partial charge < -0.3 is 15.6 Å². The van der Waals surface area contributed by atoms with Crippen molar-refractivity contribution in [3.05, 3.63) is 23.5 Å². The molecule has 4 nitrogen and oxygen atoms in total. The molecular formula is C15H25N3O. The van der Waals surface area contributed by atoms with Gasteiger partial charge in [-0.2, -0.15) is 0 Å². The maximum Gasteiger partial charge on any atom is 0.240 e. The van der Waals surface area contributed by atoms with Crippen LogP contribution in [0, 0.1) is 0 Å². The molecular weight excluding hydrogens is 238 g/mol. The third-order valence-corrected chi connectivity index (χ3v) is 3.95. The van der Waals surface area contributed by atoms with Gasteiger partial charge in [-0.1, -0.05) is 13.3 Å². The molecule has 1 heterocycles. The highest BCUT2D eigenvalue weighted by Gasteiger charge is 2.18. The lowest BCUT2D eigenvalue weighted by Crippen LogP contribution is -2.34. The number of nitrogens with two attached hydrogens (primary N) is 1. The Bertz CT molecular complexity index is 439. The molecule has 0 bridgehead atoms. The average Bonchev–Trinajstić information content (AvgIpc) is 2.69. The molecule has 4 heteroatoms. The molecule has 2 unspecified atom stereocenters. The fraction of sp³-hybridized carbons (Fsp3) is 0.667. The van der Waals surface area contributed by atoms with Crippen LogP contribution in [0.3, 0.4) is 0 Å². The fourth-order valence-electron chi connectivity index (χ4n) is 2.63. The molecule has 0 spiro atoms. The zero-order valence-electron chi connectivity index (χ0n) is 12.0. The smallest absolute Gasteiger partial charge is 0.240 e. The predicted molar refractivity (Wildman–Crippen MR) is 76.8 cm³/mol. The number of nitrogens with one attached hydrogen (secondary N) is 1. The van der Waals surface area contributed by atoms with E-state index >= 15 is 0 Å². The summed E-state index contributed by atoms with van der Waals surface area (Å²) in [5, 5.41) is 2.99. The van der Waals surface area contributed by atoms with E-state index in [1.165, 1.54) is 24.0 Å². The minimum absolute atomic E-state index is 0.0769. The first-order chi connectivity index (χ1) is 9.10. The van der Waals surface area contributed by atoms with Crippen molar-refractivity contribution < 1.29 is 4.79 Å². The molecule has 3 N–H and O–H groups in total. The number of hydrogen-bond acceptors (Lipinski definition) is 2. The Labute approximate surface area is 115 Å². The number of carbonyl (C=O) groups excluding carboxylic acids is 1. The van der Waals surface area contributed by atoms with Crippen LogP contribution in [-0.4, -0.2) is 16.5 Å². The van der Waals surface area contributed by atoms with Crippen molar-refractivity contribution in [2.45, 2.75) is 64.6 Å². The van der Waals surface area contributed by atoms with Crippen LogP contribution in [0.15, 0.2) is 12.4 Å². The number of nitrogens with zero attached hydrogens (tertiary/aromatic N) is 1. The monoisotopic (exact) mass is 263 g/mol. The topological polar surface area (TPSA) is 60.0 Å². The van der Waals surface area contributed by atoms with Crippen LogP contribution in [-0.2, 0) is 17.8 Å². The standard InChI is InChI=1S/C15H25N3O/c1-3-11(2)17-15(19)10-18-8-12-6-4-5-7-14(16)13(12)9-18/h8-9,11,14H,3-7,10,16H2,1-2H3,(H,17,19). The second kappa shape index (κ2) is 6.24. The second-order valence-electron chi connectivity index (χ2n) is 5.64. The molecule has 106 valence electrons. The Balaban J connectivity index is 2.02. The molecule has 0 saturated carbocycles. The summed E-state index contributed by atoms with van der Waals surface area (Å²) >= 11 is 0. The summed E-state index contributed by atoms with van der Waals surface area (Å²) in [4.78, 5) is 11.9. The van der Waals surface area contributed by atoms with Crippen LogP contribution in [0.5, 0.6) is 0 Å². The van der Waals surface area contributed by atoms with Gasteiger partial charge in [-0.05, 0) is 43.7 Å². The molecule has 0 radical (unpaired) electrons. The number of amides is 1. The summed E-state index contributed by atoms with van der Waals surface area (Å²) in [5.74, 6) is 0.0769. The van der Waals surface area contributed by atoms with Crippen molar-refractivity contribution in [1.82, 2.24) is 9.88 Å². The predicted octanol–water partition coefficient (Wildman–Crippen LogP) is 2.13. The van der Waals surface area contributed by atoms with Crippen LogP contribution in [0.1, 0.15) is 56.7 Å². The normalized spacial score (nSPS) is 20.5. The van der Waals surface area contributed by atoms with E-state index in [0.717, 1.165) is 19.3 Å². The summed E-state index contributed by atoms with van der Waals surface area (Å²) in [6.45, 7) is 4.49. The van der Waals surface area contributed by atoms with Crippen molar-refractivity contribution in [2.24, 2.45) is 5.73 Å². The third kappa shape index (κ3) is 3.60. The summed E-state index contributed by atoms with van der Waals surface area (Å²) in [7, 11) is 0. The maximum absolute atomic E-state index is 11.9. The molecule has 1 aromatic rings. The van der Waals surface area contributed by atoms with Gasteiger partial charge in [0.2, 0.25) is 5.91 Å². The van der Waals surface area contributed by atoms with Gasteiger partial charge in [0.25, 0.3) is 0 Å². The largest absolute Gasteiger partial charge is 0.352 e. The van der Waals surface area contributed by atoms with Crippen LogP contribution >= 0.6 is 0 Å². The molecule has 2 atom stereocenters. The molecule has 2 rings (SSSR count). The van der Waals surface area contributed by atoms with E-state index in [1.54, 1.807) is 0 Å². The zero-order valence-corrected chi connectivity index (χ0v) is 12.0. The van der Waals surface area contributed by atoms with E-state index < -0.39 is 0 Å². The lowest BCUT2D eigenvalue weighted by atomic mass is 10.1. The summed E-state index contributed by atoms with van der Waals surface area (Å²) in [6.07, 6.45) is 9.64. The highest BCUT2D eigenvalue weighted by molar-refractivity contribution is 5.76. The molecule has 1 aliphatic carbocycles. The number of carbonyl (C=O) groups is 1. The van der Waals surface area contributed by atoms with Gasteiger partial charge in [-0.25, -0.2) is 0 Å². The summed E-state index contributed by atoms with van der Waals surface area (Å²) < 4.78 is 1.98. The number of aryl methyl sites for hydroxylation is 1. The molecule has 0 aliphatic heterocycles. The Kier molecular flexibility index (Phi) is 4.64. The van der Waals surface area contributed by atoms with E-state index in [1.807, 2.05) is 11.5 Å². The molecule has 0 fully saturated rings. The first kappa shape index (κ1) is 14.1. The Morgan fingerprint density at radius 1 is 1.53 bits per heavy atom. The summed E-state index contributed by atoms with van der Waals surface area (Å²) in [5.41, 5.74) is 8.73. The number of hydrogen-bond donors (Lipinski definition) is 2. The van der Waals surface area contributed by atoms with Crippen molar-refractivity contribution in [3.63, 3.8) is 0 Å². The van der Waals surface area contributed by atoms with E-state index in [0.29, 0.717) is 6.54 Å². The van der Waals surface area contributed by atoms with Gasteiger partial charge in [0.15, 0.2) is 0 Å². The van der Waals surface area contributed by atoms with E-state index in [2.05, 4.69) is 24.6 Å². The Hall–Kier alpha value is -1.29. The van der Waals surface area contributed by atoms with Crippen LogP contribution in [0.25, 0.3) is 0 Å². The van der Waals surface area contributed by atoms with Crippen molar-refractivity contribution in [1.29, 1.82) is 0 Å². The minimum Gasteiger partial charge on any atom is -0.352 e. The highest BCUT2D eigenvalue weighted by Crippen LogP contribution is 2.27. The Morgan fingerprint density at radius 3 is 3.05 bits per heavy atom. The third-order valence-electron chi connectivity index (χ3n) is 3.95. The minimum atomic E-state index is 0.0769. The van der Waals surface area contributed by atoms with Crippen LogP contribution < -0.4 is 11.1 Å². The SMILES string of the molecule is CCC(C)NC(=O)Cn1cc2c(c1)C(N)CCCC2. The molecule has 1 aliphatic rings. The second-order valence-corrected chi connectivity index (χ2v) is 5.64. The van der Waals surface area contributed by atoms with Gasteiger partial charge in [-0.15, -0.1) is 0 Å². The summed E-state index contributed by atoms with van der Waals surface area (Å²) in [6, 6.07) is 0.375. The number of fused-ring (bicyclic) bond motifs is 1. The molecule has 0 saturated heterocycles. The first-order valence-corrected chi connectivity index (χ1v) is 7.33. The molecule has 1 aromatic heterocycles. The first-order valence-electron chi connectivity index (χ1n) is 7.33. The average molecular weight is 263 g/mol. The lowest BCUT2D eigenvalue weighted by Gasteiger charge is -2.12.